The van der Waals surface area contributed by atoms with Gasteiger partial charge in [-0.25, -0.2) is 0 Å². The van der Waals surface area contributed by atoms with Gasteiger partial charge in [0, 0.05) is 11.0 Å². The molecule has 0 spiro atoms. The second-order valence-corrected chi connectivity index (χ2v) is 0.963. The molecule has 30 valence electrons. The van der Waals surface area contributed by atoms with E-state index in [4.69, 9.17) is 4.11 Å². The monoisotopic (exact) mass is 188 g/mol. The number of amides is 1. The molecule has 0 aliphatic carbocycles. The molecule has 1 amide bonds. The number of carbonyl (C=O) groups is 1. The van der Waals surface area contributed by atoms with E-state index in [0.717, 1.165) is 0 Å². The van der Waals surface area contributed by atoms with E-state index in [1.54, 1.807) is 0 Å². The minimum atomic E-state index is -2.50. The Morgan fingerprint density at radius 2 is 3.00 bits per heavy atom. The Morgan fingerprint density at radius 3 is 3.00 bits per heavy atom. The summed E-state index contributed by atoms with van der Waals surface area (Å²) in [5, 5.41) is 0. The molecule has 1 N–H and O–H groups in total. The molecule has 0 aromatic carbocycles. The van der Waals surface area contributed by atoms with Gasteiger partial charge < -0.3 is 0 Å². The summed E-state index contributed by atoms with van der Waals surface area (Å²) >= 11 is 1.48. The van der Waals surface area contributed by atoms with E-state index in [-0.39, 0.29) is 0 Å². The molecule has 0 aromatic heterocycles. The lowest BCUT2D eigenvalue weighted by Gasteiger charge is -1.76. The Labute approximate surface area is 48.6 Å². The average Bonchev–Trinajstić information content (AvgIpc) is 1.62. The Hall–Kier alpha value is 0.200. The lowest BCUT2D eigenvalue weighted by atomic mass is 10.8. The van der Waals surface area contributed by atoms with E-state index in [1.807, 2.05) is 3.53 Å². The maximum absolute atomic E-state index is 10.2. The summed E-state index contributed by atoms with van der Waals surface area (Å²) in [6, 6.07) is 0. The number of hydrogen-bond acceptors (Lipinski definition) is 1. The average molecular weight is 188 g/mol. The van der Waals surface area contributed by atoms with E-state index in [2.05, 4.69) is 0 Å². The molecule has 0 saturated heterocycles. The number of rotatable bonds is 0. The van der Waals surface area contributed by atoms with Crippen LogP contribution in [0.15, 0.2) is 0 Å². The van der Waals surface area contributed by atoms with E-state index >= 15 is 0 Å². The molecule has 0 aromatic rings. The van der Waals surface area contributed by atoms with Crippen molar-refractivity contribution in [3.63, 3.8) is 0 Å². The summed E-state index contributed by atoms with van der Waals surface area (Å²) in [7, 11) is 0. The zero-order chi connectivity index (χ0) is 6.78. The minimum Gasteiger partial charge on any atom is -0.299 e. The predicted molar refractivity (Wildman–Crippen MR) is 27.8 cm³/mol. The molecule has 2 nitrogen and oxygen atoms in total. The maximum atomic E-state index is 10.2. The van der Waals surface area contributed by atoms with Crippen LogP contribution < -0.4 is 3.53 Å². The van der Waals surface area contributed by atoms with Crippen LogP contribution >= 0.6 is 22.9 Å². The fraction of sp³-hybridized carbons (Fsp3) is 0.500. The molecular formula is C2H4INO. The zero-order valence-corrected chi connectivity index (χ0v) is 4.44. The van der Waals surface area contributed by atoms with Crippen molar-refractivity contribution in [1.82, 2.24) is 3.53 Å². The molecule has 0 saturated carbocycles. The van der Waals surface area contributed by atoms with E-state index < -0.39 is 12.8 Å². The smallest absolute Gasteiger partial charge is 0.225 e. The van der Waals surface area contributed by atoms with Crippen LogP contribution in [-0.4, -0.2) is 5.91 Å². The first-order chi connectivity index (χ1) is 3.48. The first-order valence-corrected chi connectivity index (χ1v) is 1.97. The third-order valence-corrected chi connectivity index (χ3v) is 0.576. The third kappa shape index (κ3) is 4.20. The van der Waals surface area contributed by atoms with Crippen molar-refractivity contribution in [2.24, 2.45) is 0 Å². The molecule has 0 aliphatic heterocycles. The lowest BCUT2D eigenvalue weighted by Crippen LogP contribution is -2.03. The van der Waals surface area contributed by atoms with Gasteiger partial charge >= 0.3 is 0 Å². The summed E-state index contributed by atoms with van der Waals surface area (Å²) in [5.41, 5.74) is 0. The first kappa shape index (κ1) is 1.77. The number of halogens is 1. The maximum Gasteiger partial charge on any atom is 0.225 e. The van der Waals surface area contributed by atoms with Gasteiger partial charge in [0.25, 0.3) is 0 Å². The van der Waals surface area contributed by atoms with Crippen LogP contribution in [0.4, 0.5) is 0 Å². The molecule has 5 heavy (non-hydrogen) atoms. The first-order valence-electron chi connectivity index (χ1n) is 2.39. The quantitative estimate of drug-likeness (QED) is 0.434. The van der Waals surface area contributed by atoms with Gasteiger partial charge in [0.15, 0.2) is 0 Å². The van der Waals surface area contributed by atoms with Crippen molar-refractivity contribution in [3.8, 4) is 0 Å². The van der Waals surface area contributed by atoms with Crippen molar-refractivity contribution in [2.75, 3.05) is 0 Å². The molecule has 0 bridgehead atoms. The Kier molecular flexibility index (Phi) is 0.863. The van der Waals surface area contributed by atoms with Crippen molar-refractivity contribution in [1.29, 1.82) is 0 Å². The Bertz CT molecular complexity index is 99.9. The van der Waals surface area contributed by atoms with Crippen molar-refractivity contribution < 1.29 is 8.91 Å². The van der Waals surface area contributed by atoms with Crippen LogP contribution in [0.1, 0.15) is 11.0 Å². The van der Waals surface area contributed by atoms with Gasteiger partial charge in [0.05, 0.1) is 22.9 Å². The molecule has 0 atom stereocenters. The summed E-state index contributed by atoms with van der Waals surface area (Å²) in [4.78, 5) is 10.2. The van der Waals surface area contributed by atoms with Crippen LogP contribution in [0.5, 0.6) is 0 Å². The standard InChI is InChI=1S/C2H4INO/c1-2(5)4-3/h1H3,(H,4,5)/i1D3. The van der Waals surface area contributed by atoms with Gasteiger partial charge in [-0.05, 0) is 0 Å². The molecule has 0 heterocycles. The van der Waals surface area contributed by atoms with Gasteiger partial charge in [-0.1, -0.05) is 0 Å². The van der Waals surface area contributed by atoms with Crippen LogP contribution in [0.2, 0.25) is 0 Å². The number of hydrogen-bond donors (Lipinski definition) is 1. The van der Waals surface area contributed by atoms with E-state index in [0.29, 0.717) is 0 Å². The van der Waals surface area contributed by atoms with Crippen LogP contribution in [0, 0.1) is 0 Å². The third-order valence-electron chi connectivity index (χ3n) is 0.0858. The summed E-state index contributed by atoms with van der Waals surface area (Å²) in [6.45, 7) is -2.50. The molecule has 0 fully saturated rings. The molecule has 0 rings (SSSR count). The Balaban J connectivity index is 3.82. The largest absolute Gasteiger partial charge is 0.299 e. The number of carbonyl (C=O) groups excluding carboxylic acids is 1. The van der Waals surface area contributed by atoms with Crippen LogP contribution in [-0.2, 0) is 4.79 Å². The minimum absolute atomic E-state index is 0.932. The van der Waals surface area contributed by atoms with Crippen LogP contribution in [0.25, 0.3) is 0 Å². The molecule has 0 unspecified atom stereocenters. The number of nitrogens with one attached hydrogen (secondary N) is 1. The van der Waals surface area contributed by atoms with Crippen molar-refractivity contribution in [3.05, 3.63) is 0 Å². The highest BCUT2D eigenvalue weighted by Crippen LogP contribution is 1.64. The molecule has 0 aliphatic rings. The lowest BCUT2D eigenvalue weighted by molar-refractivity contribution is -0.116. The molecule has 3 heteroatoms. The SMILES string of the molecule is [2H]C([2H])([2H])C(=O)NI. The molecule has 0 radical (unpaired) electrons. The Morgan fingerprint density at radius 1 is 2.40 bits per heavy atom. The fourth-order valence-corrected chi connectivity index (χ4v) is 0. The predicted octanol–water partition coefficient (Wildman–Crippen LogP) is 0.473. The summed E-state index contributed by atoms with van der Waals surface area (Å²) in [5.74, 6) is -0.932. The van der Waals surface area contributed by atoms with E-state index in [1.165, 1.54) is 22.9 Å². The van der Waals surface area contributed by atoms with Gasteiger partial charge in [0.2, 0.25) is 5.91 Å². The molecular weight excluding hydrogens is 181 g/mol. The normalized spacial score (nSPS) is 18.2. The fourth-order valence-electron chi connectivity index (χ4n) is 0. The van der Waals surface area contributed by atoms with Crippen molar-refractivity contribution in [2.45, 2.75) is 6.85 Å². The second-order valence-electron chi connectivity index (χ2n) is 0.424. The zero-order valence-electron chi connectivity index (χ0n) is 5.29. The highest BCUT2D eigenvalue weighted by molar-refractivity contribution is 14.1. The van der Waals surface area contributed by atoms with Gasteiger partial charge in [-0.2, -0.15) is 0 Å². The topological polar surface area (TPSA) is 29.1 Å². The van der Waals surface area contributed by atoms with E-state index in [9.17, 15) is 4.79 Å². The van der Waals surface area contributed by atoms with Gasteiger partial charge in [-0.15, -0.1) is 0 Å². The second kappa shape index (κ2) is 2.44. The highest BCUT2D eigenvalue weighted by atomic mass is 127. The van der Waals surface area contributed by atoms with Crippen molar-refractivity contribution >= 4 is 28.8 Å². The summed E-state index contributed by atoms with van der Waals surface area (Å²) < 4.78 is 21.3. The summed E-state index contributed by atoms with van der Waals surface area (Å²) in [6.07, 6.45) is 0. The van der Waals surface area contributed by atoms with Gasteiger partial charge in [0.1, 0.15) is 0 Å². The van der Waals surface area contributed by atoms with Gasteiger partial charge in [-0.3, -0.25) is 8.32 Å². The highest BCUT2D eigenvalue weighted by Gasteiger charge is 1.74. The van der Waals surface area contributed by atoms with Crippen LogP contribution in [0.3, 0.4) is 0 Å².